The van der Waals surface area contributed by atoms with E-state index in [1.54, 1.807) is 0 Å². The largest absolute Gasteiger partial charge is 0.481 e. The minimum absolute atomic E-state index is 0.0266. The summed E-state index contributed by atoms with van der Waals surface area (Å²) in [6, 6.07) is 0. The first-order valence-corrected chi connectivity index (χ1v) is 4.56. The number of carbonyl (C=O) groups is 2. The molecule has 1 fully saturated rings. The first-order chi connectivity index (χ1) is 6.08. The van der Waals surface area contributed by atoms with Crippen molar-refractivity contribution in [1.29, 1.82) is 0 Å². The van der Waals surface area contributed by atoms with Crippen molar-refractivity contribution >= 4 is 11.9 Å². The Morgan fingerprint density at radius 2 is 2.00 bits per heavy atom. The number of carboxylic acids is 1. The van der Waals surface area contributed by atoms with E-state index < -0.39 is 5.97 Å². The van der Waals surface area contributed by atoms with Crippen LogP contribution < -0.4 is 5.32 Å². The molecular formula is C9H15NO3. The summed E-state index contributed by atoms with van der Waals surface area (Å²) >= 11 is 0. The molecule has 1 saturated carbocycles. The second kappa shape index (κ2) is 3.77. The highest BCUT2D eigenvalue weighted by Gasteiger charge is 2.45. The zero-order valence-corrected chi connectivity index (χ0v) is 7.80. The van der Waals surface area contributed by atoms with Crippen molar-refractivity contribution in [3.8, 4) is 0 Å². The summed E-state index contributed by atoms with van der Waals surface area (Å²) in [6.07, 6.45) is 2.24. The van der Waals surface area contributed by atoms with Crippen LogP contribution in [0, 0.1) is 5.41 Å². The van der Waals surface area contributed by atoms with Gasteiger partial charge in [-0.25, -0.2) is 0 Å². The third kappa shape index (κ3) is 3.05. The van der Waals surface area contributed by atoms with Crippen molar-refractivity contribution in [2.75, 3.05) is 6.54 Å². The standard InChI is InChI=1S/C9H15NO3/c1-2-10-7(11)5-9(3-4-9)6-8(12)13/h2-6H2,1H3,(H,10,11)(H,12,13). The topological polar surface area (TPSA) is 66.4 Å². The number of aliphatic carboxylic acids is 1. The number of carboxylic acid groups (broad SMARTS) is 1. The van der Waals surface area contributed by atoms with Gasteiger partial charge in [0.25, 0.3) is 0 Å². The Hall–Kier alpha value is -1.06. The molecule has 1 aliphatic carbocycles. The van der Waals surface area contributed by atoms with Crippen molar-refractivity contribution in [2.24, 2.45) is 5.41 Å². The molecule has 1 rings (SSSR count). The fraction of sp³-hybridized carbons (Fsp3) is 0.778. The molecule has 74 valence electrons. The minimum atomic E-state index is -0.804. The zero-order chi connectivity index (χ0) is 9.90. The molecule has 0 saturated heterocycles. The summed E-state index contributed by atoms with van der Waals surface area (Å²) in [6.45, 7) is 2.47. The molecule has 0 aliphatic heterocycles. The van der Waals surface area contributed by atoms with E-state index in [4.69, 9.17) is 5.11 Å². The van der Waals surface area contributed by atoms with Gasteiger partial charge in [-0.1, -0.05) is 0 Å². The molecule has 0 spiro atoms. The molecule has 2 N–H and O–H groups in total. The van der Waals surface area contributed by atoms with Crippen molar-refractivity contribution in [1.82, 2.24) is 5.32 Å². The van der Waals surface area contributed by atoms with E-state index in [1.165, 1.54) is 0 Å². The van der Waals surface area contributed by atoms with Gasteiger partial charge in [0.1, 0.15) is 0 Å². The molecule has 0 aromatic carbocycles. The lowest BCUT2D eigenvalue weighted by Crippen LogP contribution is -2.26. The van der Waals surface area contributed by atoms with Gasteiger partial charge in [-0.3, -0.25) is 9.59 Å². The Morgan fingerprint density at radius 3 is 2.38 bits per heavy atom. The highest BCUT2D eigenvalue weighted by Crippen LogP contribution is 2.51. The van der Waals surface area contributed by atoms with Crippen LogP contribution in [0.3, 0.4) is 0 Å². The number of rotatable bonds is 5. The van der Waals surface area contributed by atoms with Crippen LogP contribution in [0.4, 0.5) is 0 Å². The third-order valence-corrected chi connectivity index (χ3v) is 2.39. The molecule has 1 amide bonds. The van der Waals surface area contributed by atoms with Gasteiger partial charge in [0.15, 0.2) is 0 Å². The van der Waals surface area contributed by atoms with Gasteiger partial charge in [-0.05, 0) is 25.2 Å². The van der Waals surface area contributed by atoms with Crippen LogP contribution in [0.2, 0.25) is 0 Å². The van der Waals surface area contributed by atoms with E-state index in [1.807, 2.05) is 6.92 Å². The Bertz CT molecular complexity index is 221. The van der Waals surface area contributed by atoms with Gasteiger partial charge in [0, 0.05) is 13.0 Å². The number of hydrogen-bond donors (Lipinski definition) is 2. The van der Waals surface area contributed by atoms with Crippen molar-refractivity contribution in [3.05, 3.63) is 0 Å². The van der Waals surface area contributed by atoms with E-state index in [0.29, 0.717) is 13.0 Å². The van der Waals surface area contributed by atoms with Crippen molar-refractivity contribution in [3.63, 3.8) is 0 Å². The normalized spacial score (nSPS) is 17.9. The van der Waals surface area contributed by atoms with E-state index in [9.17, 15) is 9.59 Å². The quantitative estimate of drug-likeness (QED) is 0.664. The molecule has 4 nitrogen and oxygen atoms in total. The molecule has 4 heteroatoms. The fourth-order valence-electron chi connectivity index (χ4n) is 1.51. The molecule has 0 unspecified atom stereocenters. The van der Waals surface area contributed by atoms with Crippen molar-refractivity contribution < 1.29 is 14.7 Å². The summed E-state index contributed by atoms with van der Waals surface area (Å²) in [5.41, 5.74) is -0.217. The van der Waals surface area contributed by atoms with Gasteiger partial charge in [0.05, 0.1) is 6.42 Å². The van der Waals surface area contributed by atoms with Gasteiger partial charge in [-0.2, -0.15) is 0 Å². The molecule has 0 aromatic heterocycles. The molecule has 0 bridgehead atoms. The molecule has 13 heavy (non-hydrogen) atoms. The average Bonchev–Trinajstić information content (AvgIpc) is 2.67. The van der Waals surface area contributed by atoms with Crippen molar-refractivity contribution in [2.45, 2.75) is 32.6 Å². The molecule has 0 atom stereocenters. The summed E-state index contributed by atoms with van der Waals surface area (Å²) < 4.78 is 0. The Kier molecular flexibility index (Phi) is 2.90. The molecular weight excluding hydrogens is 170 g/mol. The highest BCUT2D eigenvalue weighted by molar-refractivity contribution is 5.78. The summed E-state index contributed by atoms with van der Waals surface area (Å²) in [5.74, 6) is -0.831. The maximum Gasteiger partial charge on any atom is 0.303 e. The van der Waals surface area contributed by atoms with Gasteiger partial charge in [0.2, 0.25) is 5.91 Å². The summed E-state index contributed by atoms with van der Waals surface area (Å²) in [4.78, 5) is 21.6. The van der Waals surface area contributed by atoms with E-state index >= 15 is 0 Å². The first kappa shape index (κ1) is 10.0. The van der Waals surface area contributed by atoms with Crippen LogP contribution in [0.15, 0.2) is 0 Å². The second-order valence-electron chi connectivity index (χ2n) is 3.70. The number of nitrogens with one attached hydrogen (secondary N) is 1. The zero-order valence-electron chi connectivity index (χ0n) is 7.80. The Balaban J connectivity index is 2.34. The van der Waals surface area contributed by atoms with Gasteiger partial charge in [-0.15, -0.1) is 0 Å². The second-order valence-corrected chi connectivity index (χ2v) is 3.70. The van der Waals surface area contributed by atoms with Gasteiger partial charge < -0.3 is 10.4 Å². The van der Waals surface area contributed by atoms with E-state index in [2.05, 4.69) is 5.32 Å². The lowest BCUT2D eigenvalue weighted by molar-refractivity contribution is -0.138. The Morgan fingerprint density at radius 1 is 1.38 bits per heavy atom. The van der Waals surface area contributed by atoms with E-state index in [-0.39, 0.29) is 17.7 Å². The first-order valence-electron chi connectivity index (χ1n) is 4.56. The fourth-order valence-corrected chi connectivity index (χ4v) is 1.51. The summed E-state index contributed by atoms with van der Waals surface area (Å²) in [7, 11) is 0. The maximum absolute atomic E-state index is 11.2. The maximum atomic E-state index is 11.2. The molecule has 0 radical (unpaired) electrons. The molecule has 1 aliphatic rings. The molecule has 0 aromatic rings. The number of amides is 1. The van der Waals surface area contributed by atoms with Crippen LogP contribution in [0.25, 0.3) is 0 Å². The van der Waals surface area contributed by atoms with Crippen LogP contribution >= 0.6 is 0 Å². The third-order valence-electron chi connectivity index (χ3n) is 2.39. The molecule has 0 heterocycles. The van der Waals surface area contributed by atoms with Crippen LogP contribution in [0.1, 0.15) is 32.6 Å². The monoisotopic (exact) mass is 185 g/mol. The van der Waals surface area contributed by atoms with Gasteiger partial charge >= 0.3 is 5.97 Å². The number of carbonyl (C=O) groups excluding carboxylic acids is 1. The SMILES string of the molecule is CCNC(=O)CC1(CC(=O)O)CC1. The lowest BCUT2D eigenvalue weighted by Gasteiger charge is -2.10. The smallest absolute Gasteiger partial charge is 0.303 e. The van der Waals surface area contributed by atoms with Crippen LogP contribution in [0.5, 0.6) is 0 Å². The minimum Gasteiger partial charge on any atom is -0.481 e. The lowest BCUT2D eigenvalue weighted by atomic mass is 9.98. The predicted molar refractivity (Wildman–Crippen MR) is 47.2 cm³/mol. The number of hydrogen-bond acceptors (Lipinski definition) is 2. The van der Waals surface area contributed by atoms with Crippen LogP contribution in [-0.2, 0) is 9.59 Å². The summed E-state index contributed by atoms with van der Waals surface area (Å²) in [5, 5.41) is 11.3. The predicted octanol–water partition coefficient (Wildman–Crippen LogP) is 0.767. The van der Waals surface area contributed by atoms with Crippen LogP contribution in [-0.4, -0.2) is 23.5 Å². The highest BCUT2D eigenvalue weighted by atomic mass is 16.4. The average molecular weight is 185 g/mol. The Labute approximate surface area is 77.3 Å². The van der Waals surface area contributed by atoms with E-state index in [0.717, 1.165) is 12.8 Å².